The third-order valence-corrected chi connectivity index (χ3v) is 2.44. The van der Waals surface area contributed by atoms with E-state index in [-0.39, 0.29) is 0 Å². The second kappa shape index (κ2) is 5.39. The normalized spacial score (nSPS) is 10.2. The topological polar surface area (TPSA) is 37.8 Å². The minimum Gasteiger partial charge on any atom is -0.370 e. The van der Waals surface area contributed by atoms with Crippen molar-refractivity contribution in [2.45, 2.75) is 13.3 Å². The van der Waals surface area contributed by atoms with Crippen LogP contribution in [0.25, 0.3) is 0 Å². The maximum Gasteiger partial charge on any atom is 0.217 e. The Kier molecular flexibility index (Phi) is 3.65. The fraction of sp³-hybridized carbons (Fsp3) is 0.231. The molecule has 0 radical (unpaired) electrons. The third-order valence-electron chi connectivity index (χ3n) is 2.44. The quantitative estimate of drug-likeness (QED) is 0.822. The molecule has 2 aromatic rings. The number of benzene rings is 1. The summed E-state index contributed by atoms with van der Waals surface area (Å²) in [7, 11) is 0. The van der Waals surface area contributed by atoms with Gasteiger partial charge in [0.1, 0.15) is 12.1 Å². The number of rotatable bonds is 4. The average molecular weight is 231 g/mol. The van der Waals surface area contributed by atoms with Gasteiger partial charge >= 0.3 is 0 Å². The molecule has 0 spiro atoms. The smallest absolute Gasteiger partial charge is 0.217 e. The van der Waals surface area contributed by atoms with Gasteiger partial charge in [-0.25, -0.2) is 9.97 Å². The number of hydrogen-bond donors (Lipinski definition) is 1. The minimum absolute atomic E-state index is 0.516. The van der Waals surface area contributed by atoms with Crippen molar-refractivity contribution in [3.05, 3.63) is 53.7 Å². The summed E-state index contributed by atoms with van der Waals surface area (Å²) in [5.41, 5.74) is 2.50. The van der Waals surface area contributed by atoms with Gasteiger partial charge in [-0.2, -0.15) is 4.39 Å². The lowest BCUT2D eigenvalue weighted by Crippen LogP contribution is -2.06. The van der Waals surface area contributed by atoms with Gasteiger partial charge in [0.2, 0.25) is 5.95 Å². The lowest BCUT2D eigenvalue weighted by atomic mass is 10.1. The number of anilines is 1. The molecule has 0 amide bonds. The first-order valence-corrected chi connectivity index (χ1v) is 5.51. The highest BCUT2D eigenvalue weighted by Crippen LogP contribution is 2.06. The molecule has 0 atom stereocenters. The number of halogens is 1. The van der Waals surface area contributed by atoms with Crippen molar-refractivity contribution in [1.29, 1.82) is 0 Å². The Bertz CT molecular complexity index is 454. The fourth-order valence-electron chi connectivity index (χ4n) is 1.63. The molecule has 0 saturated carbocycles. The van der Waals surface area contributed by atoms with Crippen LogP contribution in [0.5, 0.6) is 0 Å². The number of aryl methyl sites for hydroxylation is 1. The molecule has 1 N–H and O–H groups in total. The van der Waals surface area contributed by atoms with Crippen LogP contribution in [-0.4, -0.2) is 16.5 Å². The van der Waals surface area contributed by atoms with Crippen molar-refractivity contribution in [3.63, 3.8) is 0 Å². The van der Waals surface area contributed by atoms with Crippen LogP contribution in [0.2, 0.25) is 0 Å². The molecule has 0 aliphatic carbocycles. The Hall–Kier alpha value is -1.97. The molecule has 0 saturated heterocycles. The van der Waals surface area contributed by atoms with E-state index < -0.39 is 5.95 Å². The van der Waals surface area contributed by atoms with Gasteiger partial charge in [-0.1, -0.05) is 29.8 Å². The molecule has 0 aliphatic heterocycles. The van der Waals surface area contributed by atoms with E-state index in [0.717, 1.165) is 13.0 Å². The minimum atomic E-state index is -0.516. The van der Waals surface area contributed by atoms with E-state index in [1.165, 1.54) is 23.5 Å². The molecule has 1 heterocycles. The van der Waals surface area contributed by atoms with Crippen molar-refractivity contribution in [3.8, 4) is 0 Å². The lowest BCUT2D eigenvalue weighted by Gasteiger charge is -2.05. The first-order valence-electron chi connectivity index (χ1n) is 5.51. The molecule has 2 rings (SSSR count). The molecule has 1 aromatic heterocycles. The molecule has 4 heteroatoms. The van der Waals surface area contributed by atoms with E-state index in [4.69, 9.17) is 0 Å². The zero-order valence-electron chi connectivity index (χ0n) is 9.65. The van der Waals surface area contributed by atoms with Crippen LogP contribution in [0.15, 0.2) is 36.7 Å². The Balaban J connectivity index is 1.87. The van der Waals surface area contributed by atoms with Gasteiger partial charge < -0.3 is 5.32 Å². The largest absolute Gasteiger partial charge is 0.370 e. The Labute approximate surface area is 99.7 Å². The third kappa shape index (κ3) is 3.52. The second-order valence-electron chi connectivity index (χ2n) is 3.89. The van der Waals surface area contributed by atoms with E-state index in [0.29, 0.717) is 5.82 Å². The summed E-state index contributed by atoms with van der Waals surface area (Å²) >= 11 is 0. The summed E-state index contributed by atoms with van der Waals surface area (Å²) in [6, 6.07) is 9.61. The van der Waals surface area contributed by atoms with Crippen LogP contribution in [0.4, 0.5) is 10.2 Å². The molecular weight excluding hydrogens is 217 g/mol. The SMILES string of the molecule is Cc1cccc(CCNc2cc(F)ncn2)c1. The molecule has 0 aliphatic rings. The standard InChI is InChI=1S/C13H14FN3/c1-10-3-2-4-11(7-10)5-6-15-13-8-12(14)16-9-17-13/h2-4,7-9H,5-6H2,1H3,(H,15,16,17). The van der Waals surface area contributed by atoms with Crippen molar-refractivity contribution in [2.24, 2.45) is 0 Å². The van der Waals surface area contributed by atoms with Gasteiger partial charge in [-0.15, -0.1) is 0 Å². The van der Waals surface area contributed by atoms with Crippen LogP contribution in [-0.2, 0) is 6.42 Å². The average Bonchev–Trinajstić information content (AvgIpc) is 2.29. The zero-order valence-corrected chi connectivity index (χ0v) is 9.65. The number of nitrogens with one attached hydrogen (secondary N) is 1. The van der Waals surface area contributed by atoms with Crippen LogP contribution >= 0.6 is 0 Å². The second-order valence-corrected chi connectivity index (χ2v) is 3.89. The van der Waals surface area contributed by atoms with Crippen molar-refractivity contribution in [2.75, 3.05) is 11.9 Å². The van der Waals surface area contributed by atoms with Gasteiger partial charge in [0.15, 0.2) is 0 Å². The summed E-state index contributed by atoms with van der Waals surface area (Å²) < 4.78 is 12.8. The van der Waals surface area contributed by atoms with Gasteiger partial charge in [0.25, 0.3) is 0 Å². The molecule has 0 bridgehead atoms. The van der Waals surface area contributed by atoms with E-state index in [2.05, 4.69) is 40.4 Å². The molecule has 0 unspecified atom stereocenters. The molecule has 1 aromatic carbocycles. The van der Waals surface area contributed by atoms with E-state index in [1.807, 2.05) is 6.07 Å². The van der Waals surface area contributed by atoms with Gasteiger partial charge in [0, 0.05) is 12.6 Å². The predicted molar refractivity (Wildman–Crippen MR) is 65.4 cm³/mol. The Morgan fingerprint density at radius 3 is 2.88 bits per heavy atom. The van der Waals surface area contributed by atoms with Crippen LogP contribution in [0.3, 0.4) is 0 Å². The summed E-state index contributed by atoms with van der Waals surface area (Å²) in [4.78, 5) is 7.33. The highest BCUT2D eigenvalue weighted by Gasteiger charge is 1.97. The van der Waals surface area contributed by atoms with Crippen LogP contribution in [0, 0.1) is 12.9 Å². The van der Waals surface area contributed by atoms with E-state index in [9.17, 15) is 4.39 Å². The van der Waals surface area contributed by atoms with Crippen molar-refractivity contribution < 1.29 is 4.39 Å². The lowest BCUT2D eigenvalue weighted by molar-refractivity contribution is 0.580. The predicted octanol–water partition coefficient (Wildman–Crippen LogP) is 2.58. The first kappa shape index (κ1) is 11.5. The first-order chi connectivity index (χ1) is 8.24. The van der Waals surface area contributed by atoms with Crippen LogP contribution in [0.1, 0.15) is 11.1 Å². The van der Waals surface area contributed by atoms with Crippen molar-refractivity contribution >= 4 is 5.82 Å². The molecule has 17 heavy (non-hydrogen) atoms. The summed E-state index contributed by atoms with van der Waals surface area (Å²) in [5.74, 6) is 0.00297. The van der Waals surface area contributed by atoms with E-state index >= 15 is 0 Å². The highest BCUT2D eigenvalue weighted by molar-refractivity contribution is 5.32. The molecule has 0 fully saturated rings. The van der Waals surface area contributed by atoms with Gasteiger partial charge in [-0.05, 0) is 18.9 Å². The van der Waals surface area contributed by atoms with Gasteiger partial charge in [0.05, 0.1) is 0 Å². The Morgan fingerprint density at radius 2 is 2.12 bits per heavy atom. The number of aromatic nitrogens is 2. The monoisotopic (exact) mass is 231 g/mol. The van der Waals surface area contributed by atoms with E-state index in [1.54, 1.807) is 0 Å². The fourth-order valence-corrected chi connectivity index (χ4v) is 1.63. The summed E-state index contributed by atoms with van der Waals surface area (Å²) in [6.45, 7) is 2.79. The molecular formula is C13H14FN3. The molecule has 88 valence electrons. The van der Waals surface area contributed by atoms with Crippen LogP contribution < -0.4 is 5.32 Å². The number of nitrogens with zero attached hydrogens (tertiary/aromatic N) is 2. The zero-order chi connectivity index (χ0) is 12.1. The summed E-state index contributed by atoms with van der Waals surface area (Å²) in [6.07, 6.45) is 2.09. The van der Waals surface area contributed by atoms with Gasteiger partial charge in [-0.3, -0.25) is 0 Å². The maximum absolute atomic E-state index is 12.8. The molecule has 3 nitrogen and oxygen atoms in total. The Morgan fingerprint density at radius 1 is 1.24 bits per heavy atom. The summed E-state index contributed by atoms with van der Waals surface area (Å²) in [5, 5.41) is 3.06. The highest BCUT2D eigenvalue weighted by atomic mass is 19.1. The number of hydrogen-bond acceptors (Lipinski definition) is 3. The maximum atomic E-state index is 12.8. The van der Waals surface area contributed by atoms with Crippen molar-refractivity contribution in [1.82, 2.24) is 9.97 Å².